The molecule has 31 heavy (non-hydrogen) atoms. The summed E-state index contributed by atoms with van der Waals surface area (Å²) < 4.78 is 7.15. The summed E-state index contributed by atoms with van der Waals surface area (Å²) in [6.07, 6.45) is 2.79. The highest BCUT2D eigenvalue weighted by molar-refractivity contribution is 5.73. The van der Waals surface area contributed by atoms with E-state index in [4.69, 9.17) is 4.52 Å². The van der Waals surface area contributed by atoms with Crippen LogP contribution in [0.15, 0.2) is 47.2 Å². The van der Waals surface area contributed by atoms with Crippen LogP contribution in [0.3, 0.4) is 0 Å². The summed E-state index contributed by atoms with van der Waals surface area (Å²) in [5, 5.41) is 13.8. The number of aromatic nitrogens is 3. The third-order valence-corrected chi connectivity index (χ3v) is 5.30. The number of aliphatic hydroxyl groups excluding tert-OH is 1. The number of carbonyl (C=O) groups is 1. The molecule has 1 fully saturated rings. The number of carbonyl (C=O) groups excluding carboxylic acids is 1. The van der Waals surface area contributed by atoms with Crippen molar-refractivity contribution in [2.75, 3.05) is 31.1 Å². The Morgan fingerprint density at radius 3 is 2.61 bits per heavy atom. The number of nitrogens with zero attached hydrogens (tertiary/aromatic N) is 5. The van der Waals surface area contributed by atoms with Crippen LogP contribution in [-0.4, -0.2) is 56.8 Å². The van der Waals surface area contributed by atoms with E-state index in [2.05, 4.69) is 39.0 Å². The predicted molar refractivity (Wildman–Crippen MR) is 115 cm³/mol. The van der Waals surface area contributed by atoms with Gasteiger partial charge >= 0.3 is 0 Å². The number of hydrogen-bond acceptors (Lipinski definition) is 6. The Labute approximate surface area is 181 Å². The van der Waals surface area contributed by atoms with E-state index in [1.54, 1.807) is 32.3 Å². The van der Waals surface area contributed by atoms with Crippen LogP contribution >= 0.6 is 0 Å². The van der Waals surface area contributed by atoms with Crippen molar-refractivity contribution >= 4 is 11.6 Å². The first-order valence-corrected chi connectivity index (χ1v) is 10.3. The molecule has 0 aliphatic carbocycles. The van der Waals surface area contributed by atoms with Crippen molar-refractivity contribution in [3.05, 3.63) is 65.6 Å². The van der Waals surface area contributed by atoms with Gasteiger partial charge in [0.05, 0.1) is 6.54 Å². The van der Waals surface area contributed by atoms with Crippen LogP contribution in [-0.2, 0) is 11.3 Å². The van der Waals surface area contributed by atoms with Gasteiger partial charge in [-0.3, -0.25) is 4.79 Å². The van der Waals surface area contributed by atoms with Gasteiger partial charge in [0.25, 0.3) is 0 Å². The number of piperazine rings is 1. The van der Waals surface area contributed by atoms with Gasteiger partial charge in [-0.15, -0.1) is 0 Å². The van der Waals surface area contributed by atoms with E-state index in [0.29, 0.717) is 23.8 Å². The number of hydrogen-bond donors (Lipinski definition) is 1. The number of aliphatic hydroxyl groups is 1. The molecular formula is C23H25N5O3. The molecule has 1 aliphatic heterocycles. The number of rotatable bonds is 4. The molecule has 0 saturated carbocycles. The topological polar surface area (TPSA) is 87.6 Å². The van der Waals surface area contributed by atoms with Gasteiger partial charge in [0.1, 0.15) is 17.6 Å². The van der Waals surface area contributed by atoms with Gasteiger partial charge < -0.3 is 24.0 Å². The summed E-state index contributed by atoms with van der Waals surface area (Å²) in [5.41, 5.74) is 2.73. The summed E-state index contributed by atoms with van der Waals surface area (Å²) >= 11 is 0. The summed E-state index contributed by atoms with van der Waals surface area (Å²) in [6.45, 7) is 6.92. The Morgan fingerprint density at radius 2 is 1.94 bits per heavy atom. The molecule has 1 N–H and O–H groups in total. The molecule has 0 radical (unpaired) electrons. The molecule has 0 bridgehead atoms. The molecule has 8 nitrogen and oxygen atoms in total. The Balaban J connectivity index is 1.37. The molecule has 1 amide bonds. The Morgan fingerprint density at radius 1 is 1.19 bits per heavy atom. The third-order valence-electron chi connectivity index (χ3n) is 5.30. The third kappa shape index (κ3) is 4.95. The van der Waals surface area contributed by atoms with Crippen molar-refractivity contribution in [3.63, 3.8) is 0 Å². The van der Waals surface area contributed by atoms with E-state index in [0.717, 1.165) is 37.4 Å². The van der Waals surface area contributed by atoms with Crippen LogP contribution in [0.25, 0.3) is 0 Å². The monoisotopic (exact) mass is 419 g/mol. The van der Waals surface area contributed by atoms with Gasteiger partial charge in [-0.05, 0) is 37.1 Å². The molecule has 1 atom stereocenters. The van der Waals surface area contributed by atoms with Crippen LogP contribution in [0.2, 0.25) is 0 Å². The predicted octanol–water partition coefficient (Wildman–Crippen LogP) is 2.04. The van der Waals surface area contributed by atoms with Crippen LogP contribution in [0.4, 0.5) is 5.69 Å². The molecule has 0 unspecified atom stereocenters. The quantitative estimate of drug-likeness (QED) is 0.651. The van der Waals surface area contributed by atoms with Crippen molar-refractivity contribution in [2.45, 2.75) is 26.5 Å². The molecule has 4 rings (SSSR count). The van der Waals surface area contributed by atoms with E-state index in [1.807, 2.05) is 21.6 Å². The lowest BCUT2D eigenvalue weighted by atomic mass is 10.1. The molecule has 1 aromatic carbocycles. The van der Waals surface area contributed by atoms with Gasteiger partial charge in [0.2, 0.25) is 11.7 Å². The van der Waals surface area contributed by atoms with Gasteiger partial charge in [0, 0.05) is 62.8 Å². The average molecular weight is 419 g/mol. The second-order valence-electron chi connectivity index (χ2n) is 7.56. The van der Waals surface area contributed by atoms with Gasteiger partial charge in [-0.2, -0.15) is 0 Å². The van der Waals surface area contributed by atoms with E-state index in [9.17, 15) is 9.90 Å². The molecule has 3 aromatic rings. The Kier molecular flexibility index (Phi) is 6.05. The highest BCUT2D eigenvalue weighted by atomic mass is 16.5. The van der Waals surface area contributed by atoms with Crippen molar-refractivity contribution in [1.29, 1.82) is 0 Å². The first-order valence-electron chi connectivity index (χ1n) is 10.3. The summed E-state index contributed by atoms with van der Waals surface area (Å²) in [5.74, 6) is 7.30. The molecule has 8 heteroatoms. The standard InChI is InChI=1S/C23H25N5O3/c1-17(29)23-24-9-10-28(23)16-20-15-22(31-25-20)8-5-19-3-6-21(7-4-19)27-13-11-26(12-14-27)18(2)30/h3-4,6-7,9-10,15,17,29H,11-14,16H2,1-2H3/t17-/m0/s1. The maximum Gasteiger partial charge on any atom is 0.219 e. The fourth-order valence-corrected chi connectivity index (χ4v) is 3.61. The SMILES string of the molecule is CC(=O)N1CCN(c2ccc(C#Cc3cc(Cn4ccnc4[C@H](C)O)no3)cc2)CC1. The van der Waals surface area contributed by atoms with E-state index in [-0.39, 0.29) is 5.91 Å². The zero-order valence-electron chi connectivity index (χ0n) is 17.7. The minimum absolute atomic E-state index is 0.134. The molecule has 1 aliphatic rings. The van der Waals surface area contributed by atoms with Crippen LogP contribution < -0.4 is 4.90 Å². The highest BCUT2D eigenvalue weighted by Gasteiger charge is 2.18. The second-order valence-corrected chi connectivity index (χ2v) is 7.56. The number of amides is 1. The number of anilines is 1. The summed E-state index contributed by atoms with van der Waals surface area (Å²) in [7, 11) is 0. The lowest BCUT2D eigenvalue weighted by Gasteiger charge is -2.35. The summed E-state index contributed by atoms with van der Waals surface area (Å²) in [4.78, 5) is 19.8. The van der Waals surface area contributed by atoms with Crippen molar-refractivity contribution < 1.29 is 14.4 Å². The molecule has 1 saturated heterocycles. The molecule has 2 aromatic heterocycles. The molecule has 0 spiro atoms. The molecule has 160 valence electrons. The Bertz CT molecular complexity index is 1100. The average Bonchev–Trinajstić information content (AvgIpc) is 3.42. The highest BCUT2D eigenvalue weighted by Crippen LogP contribution is 2.17. The van der Waals surface area contributed by atoms with Gasteiger partial charge in [-0.25, -0.2) is 4.98 Å². The van der Waals surface area contributed by atoms with Crippen molar-refractivity contribution in [2.24, 2.45) is 0 Å². The molecular weight excluding hydrogens is 394 g/mol. The van der Waals surface area contributed by atoms with Gasteiger partial charge in [-0.1, -0.05) is 11.1 Å². The lowest BCUT2D eigenvalue weighted by molar-refractivity contribution is -0.129. The van der Waals surface area contributed by atoms with Gasteiger partial charge in [0.15, 0.2) is 0 Å². The zero-order valence-corrected chi connectivity index (χ0v) is 17.7. The van der Waals surface area contributed by atoms with Crippen LogP contribution in [0, 0.1) is 11.8 Å². The first-order chi connectivity index (χ1) is 15.0. The number of imidazole rings is 1. The summed E-state index contributed by atoms with van der Waals surface area (Å²) in [6, 6.07) is 9.86. The number of benzene rings is 1. The molecule has 3 heterocycles. The minimum Gasteiger partial charge on any atom is -0.385 e. The van der Waals surface area contributed by atoms with Crippen LogP contribution in [0.5, 0.6) is 0 Å². The van der Waals surface area contributed by atoms with Crippen molar-refractivity contribution in [3.8, 4) is 11.8 Å². The maximum absolute atomic E-state index is 11.5. The zero-order chi connectivity index (χ0) is 21.8. The largest absolute Gasteiger partial charge is 0.385 e. The normalized spacial score (nSPS) is 14.8. The fourth-order valence-electron chi connectivity index (χ4n) is 3.61. The lowest BCUT2D eigenvalue weighted by Crippen LogP contribution is -2.48. The van der Waals surface area contributed by atoms with E-state index in [1.165, 1.54) is 0 Å². The Hall–Kier alpha value is -3.57. The van der Waals surface area contributed by atoms with E-state index < -0.39 is 6.10 Å². The van der Waals surface area contributed by atoms with Crippen LogP contribution in [0.1, 0.15) is 42.8 Å². The minimum atomic E-state index is -0.651. The fraction of sp³-hybridized carbons (Fsp3) is 0.348. The smallest absolute Gasteiger partial charge is 0.219 e. The maximum atomic E-state index is 11.5. The van der Waals surface area contributed by atoms with Crippen molar-refractivity contribution in [1.82, 2.24) is 19.6 Å². The van der Waals surface area contributed by atoms with E-state index >= 15 is 0 Å². The first kappa shape index (κ1) is 20.7. The second kappa shape index (κ2) is 9.06.